The molecule has 0 unspecified atom stereocenters. The first-order valence-corrected chi connectivity index (χ1v) is 10.2. The number of aliphatic imine (C=N–C) groups is 1. The van der Waals surface area contributed by atoms with Crippen molar-refractivity contribution in [3.8, 4) is 11.5 Å². The number of phenolic OH excluding ortho intramolecular Hbond substituents is 1. The maximum absolute atomic E-state index is 9.84. The second-order valence-corrected chi connectivity index (χ2v) is 6.88. The van der Waals surface area contributed by atoms with Gasteiger partial charge >= 0.3 is 0 Å². The summed E-state index contributed by atoms with van der Waals surface area (Å²) in [5, 5.41) is 17.8. The third-order valence-electron chi connectivity index (χ3n) is 4.78. The average Bonchev–Trinajstić information content (AvgIpc) is 3.04. The maximum atomic E-state index is 9.84. The molecule has 0 fully saturated rings. The smallest absolute Gasteiger partial charge is 0.191 e. The molecule has 0 saturated carbocycles. The van der Waals surface area contributed by atoms with Gasteiger partial charge in [0, 0.05) is 29.7 Å². The number of H-pyrrole nitrogens is 1. The van der Waals surface area contributed by atoms with Crippen LogP contribution in [-0.2, 0) is 13.0 Å². The zero-order chi connectivity index (χ0) is 20.6. The third kappa shape index (κ3) is 5.22. The van der Waals surface area contributed by atoms with E-state index in [1.165, 1.54) is 22.2 Å². The Morgan fingerprint density at radius 3 is 2.76 bits per heavy atom. The Labute approximate surface area is 172 Å². The van der Waals surface area contributed by atoms with Gasteiger partial charge in [0.2, 0.25) is 0 Å². The van der Waals surface area contributed by atoms with E-state index in [0.717, 1.165) is 31.0 Å². The lowest BCUT2D eigenvalue weighted by molar-refractivity contribution is 0.318. The van der Waals surface area contributed by atoms with E-state index >= 15 is 0 Å². The number of para-hydroxylation sites is 1. The highest BCUT2D eigenvalue weighted by molar-refractivity contribution is 5.84. The van der Waals surface area contributed by atoms with Crippen LogP contribution in [0.25, 0.3) is 10.9 Å². The molecule has 0 amide bonds. The first kappa shape index (κ1) is 20.6. The summed E-state index contributed by atoms with van der Waals surface area (Å²) >= 11 is 0. The van der Waals surface area contributed by atoms with Crippen molar-refractivity contribution in [3.63, 3.8) is 0 Å². The van der Waals surface area contributed by atoms with Gasteiger partial charge in [0.05, 0.1) is 13.2 Å². The first-order valence-electron chi connectivity index (χ1n) is 10.2. The lowest BCUT2D eigenvalue weighted by Gasteiger charge is -2.12. The van der Waals surface area contributed by atoms with Gasteiger partial charge in [-0.2, -0.15) is 0 Å². The minimum atomic E-state index is 0.152. The number of fused-ring (bicyclic) bond motifs is 1. The zero-order valence-corrected chi connectivity index (χ0v) is 17.4. The standard InChI is InChI=1S/C23H30N4O2/c1-4-24-23(26-15-17-10-11-21(28)22(14-17)29-5-2)25-13-12-18-16(3)27-20-9-7-6-8-19(18)20/h6-11,14,27-28H,4-5,12-13,15H2,1-3H3,(H2,24,25,26). The highest BCUT2D eigenvalue weighted by atomic mass is 16.5. The highest BCUT2D eigenvalue weighted by Gasteiger charge is 2.08. The molecule has 6 heteroatoms. The van der Waals surface area contributed by atoms with Crippen LogP contribution in [0.15, 0.2) is 47.5 Å². The predicted octanol–water partition coefficient (Wildman–Crippen LogP) is 3.88. The van der Waals surface area contributed by atoms with Crippen LogP contribution in [0.2, 0.25) is 0 Å². The molecule has 3 rings (SSSR count). The van der Waals surface area contributed by atoms with Crippen molar-refractivity contribution in [2.75, 3.05) is 19.7 Å². The van der Waals surface area contributed by atoms with Crippen LogP contribution in [0.3, 0.4) is 0 Å². The number of aryl methyl sites for hydroxylation is 1. The summed E-state index contributed by atoms with van der Waals surface area (Å²) in [4.78, 5) is 8.12. The molecule has 0 spiro atoms. The number of benzene rings is 2. The number of aromatic hydroxyl groups is 1. The monoisotopic (exact) mass is 394 g/mol. The zero-order valence-electron chi connectivity index (χ0n) is 17.4. The molecular weight excluding hydrogens is 364 g/mol. The molecule has 0 aliphatic carbocycles. The number of nitrogens with zero attached hydrogens (tertiary/aromatic N) is 1. The summed E-state index contributed by atoms with van der Waals surface area (Å²) in [6.07, 6.45) is 0.911. The Kier molecular flexibility index (Phi) is 7.00. The molecule has 6 nitrogen and oxygen atoms in total. The number of rotatable bonds is 8. The maximum Gasteiger partial charge on any atom is 0.191 e. The number of nitrogens with one attached hydrogen (secondary N) is 3. The van der Waals surface area contributed by atoms with E-state index in [9.17, 15) is 5.11 Å². The number of aromatic nitrogens is 1. The second kappa shape index (κ2) is 9.87. The molecule has 154 valence electrons. The van der Waals surface area contributed by atoms with Gasteiger partial charge in [-0.3, -0.25) is 0 Å². The van der Waals surface area contributed by atoms with Gasteiger partial charge in [0.25, 0.3) is 0 Å². The largest absolute Gasteiger partial charge is 0.504 e. The molecule has 1 heterocycles. The van der Waals surface area contributed by atoms with E-state index in [1.807, 2.05) is 19.1 Å². The van der Waals surface area contributed by atoms with Crippen molar-refractivity contribution >= 4 is 16.9 Å². The van der Waals surface area contributed by atoms with Crippen molar-refractivity contribution in [2.45, 2.75) is 33.7 Å². The Hall–Kier alpha value is -3.15. The van der Waals surface area contributed by atoms with Crippen LogP contribution in [0, 0.1) is 6.92 Å². The lowest BCUT2D eigenvalue weighted by atomic mass is 10.1. The Morgan fingerprint density at radius 2 is 1.97 bits per heavy atom. The molecule has 0 aliphatic rings. The number of hydrogen-bond donors (Lipinski definition) is 4. The molecule has 0 atom stereocenters. The van der Waals surface area contributed by atoms with Crippen LogP contribution in [-0.4, -0.2) is 35.7 Å². The summed E-state index contributed by atoms with van der Waals surface area (Å²) in [5.74, 6) is 1.42. The number of phenols is 1. The predicted molar refractivity (Wildman–Crippen MR) is 119 cm³/mol. The molecule has 3 aromatic rings. The van der Waals surface area contributed by atoms with Crippen molar-refractivity contribution in [1.29, 1.82) is 0 Å². The fourth-order valence-corrected chi connectivity index (χ4v) is 3.40. The second-order valence-electron chi connectivity index (χ2n) is 6.88. The van der Waals surface area contributed by atoms with Crippen LogP contribution < -0.4 is 15.4 Å². The van der Waals surface area contributed by atoms with Gasteiger partial charge in [-0.05, 0) is 56.5 Å². The minimum Gasteiger partial charge on any atom is -0.504 e. The Morgan fingerprint density at radius 1 is 1.14 bits per heavy atom. The van der Waals surface area contributed by atoms with E-state index < -0.39 is 0 Å². The SMILES string of the molecule is CCNC(=NCc1ccc(O)c(OCC)c1)NCCc1c(C)[nH]c2ccccc12. The van der Waals surface area contributed by atoms with Crippen LogP contribution >= 0.6 is 0 Å². The van der Waals surface area contributed by atoms with E-state index in [0.29, 0.717) is 18.9 Å². The number of ether oxygens (including phenoxy) is 1. The van der Waals surface area contributed by atoms with Crippen LogP contribution in [0.1, 0.15) is 30.7 Å². The van der Waals surface area contributed by atoms with Gasteiger partial charge in [0.15, 0.2) is 17.5 Å². The van der Waals surface area contributed by atoms with Gasteiger partial charge in [-0.15, -0.1) is 0 Å². The van der Waals surface area contributed by atoms with E-state index in [-0.39, 0.29) is 5.75 Å². The van der Waals surface area contributed by atoms with Crippen molar-refractivity contribution in [1.82, 2.24) is 15.6 Å². The summed E-state index contributed by atoms with van der Waals surface area (Å²) in [6, 6.07) is 13.7. The van der Waals surface area contributed by atoms with Crippen LogP contribution in [0.4, 0.5) is 0 Å². The van der Waals surface area contributed by atoms with Gasteiger partial charge in [-0.25, -0.2) is 4.99 Å². The first-order chi connectivity index (χ1) is 14.1. The van der Waals surface area contributed by atoms with Gasteiger partial charge in [0.1, 0.15) is 0 Å². The third-order valence-corrected chi connectivity index (χ3v) is 4.78. The molecule has 0 aliphatic heterocycles. The summed E-state index contributed by atoms with van der Waals surface area (Å²) in [5.41, 5.74) is 4.71. The molecule has 0 bridgehead atoms. The minimum absolute atomic E-state index is 0.152. The molecule has 0 radical (unpaired) electrons. The number of hydrogen-bond acceptors (Lipinski definition) is 3. The average molecular weight is 395 g/mol. The van der Waals surface area contributed by atoms with Crippen molar-refractivity contribution in [3.05, 3.63) is 59.3 Å². The molecule has 29 heavy (non-hydrogen) atoms. The highest BCUT2D eigenvalue weighted by Crippen LogP contribution is 2.27. The van der Waals surface area contributed by atoms with E-state index in [4.69, 9.17) is 4.74 Å². The molecule has 2 aromatic carbocycles. The number of aromatic amines is 1. The fraction of sp³-hybridized carbons (Fsp3) is 0.348. The van der Waals surface area contributed by atoms with E-state index in [1.54, 1.807) is 6.07 Å². The topological polar surface area (TPSA) is 81.7 Å². The summed E-state index contributed by atoms with van der Waals surface area (Å²) in [7, 11) is 0. The van der Waals surface area contributed by atoms with E-state index in [2.05, 4.69) is 58.7 Å². The molecule has 1 aromatic heterocycles. The van der Waals surface area contributed by atoms with Crippen molar-refractivity contribution in [2.24, 2.45) is 4.99 Å². The Bertz CT molecular complexity index is 978. The van der Waals surface area contributed by atoms with Gasteiger partial charge in [-0.1, -0.05) is 24.3 Å². The van der Waals surface area contributed by atoms with Gasteiger partial charge < -0.3 is 25.5 Å². The summed E-state index contributed by atoms with van der Waals surface area (Å²) < 4.78 is 5.45. The molecular formula is C23H30N4O2. The Balaban J connectivity index is 1.64. The van der Waals surface area contributed by atoms with Crippen LogP contribution in [0.5, 0.6) is 11.5 Å². The normalized spacial score (nSPS) is 11.6. The number of guanidine groups is 1. The lowest BCUT2D eigenvalue weighted by Crippen LogP contribution is -2.38. The molecule has 4 N–H and O–H groups in total. The molecule has 0 saturated heterocycles. The fourth-order valence-electron chi connectivity index (χ4n) is 3.40. The van der Waals surface area contributed by atoms with Crippen molar-refractivity contribution < 1.29 is 9.84 Å². The summed E-state index contributed by atoms with van der Waals surface area (Å²) in [6.45, 7) is 8.66. The quantitative estimate of drug-likeness (QED) is 0.345.